The van der Waals surface area contributed by atoms with Crippen molar-refractivity contribution >= 4 is 23.7 Å². The number of thioether (sulfide) groups is 1. The molecule has 0 bridgehead atoms. The average molecular weight is 456 g/mol. The van der Waals surface area contributed by atoms with Crippen LogP contribution in [0.5, 0.6) is 0 Å². The van der Waals surface area contributed by atoms with Gasteiger partial charge in [-0.1, -0.05) is 30.3 Å². The number of benzene rings is 1. The van der Waals surface area contributed by atoms with Gasteiger partial charge in [0.05, 0.1) is 11.4 Å². The molecule has 32 heavy (non-hydrogen) atoms. The van der Waals surface area contributed by atoms with E-state index in [1.807, 2.05) is 20.8 Å². The molecular weight excluding hydrogens is 422 g/mol. The number of rotatable bonds is 4. The minimum absolute atomic E-state index is 0.240. The molecule has 2 aliphatic rings. The number of piperazine rings is 1. The molecule has 1 fully saturated rings. The van der Waals surface area contributed by atoms with Crippen molar-refractivity contribution in [1.82, 2.24) is 19.8 Å². The first kappa shape index (κ1) is 22.9. The zero-order valence-electron chi connectivity index (χ0n) is 19.5. The summed E-state index contributed by atoms with van der Waals surface area (Å²) in [5, 5.41) is 0.978. The standard InChI is InChI=1S/C24H33N5O2S/c1-24(2,3)31-23(30)29-14-12-28(13-15-29)21-22(32-4)26-19-10-11-27(17-20(19)25-21)16-18-8-6-5-7-9-18/h5-9H,10-17H2,1-4H3. The van der Waals surface area contributed by atoms with E-state index in [1.54, 1.807) is 16.7 Å². The van der Waals surface area contributed by atoms with Crippen LogP contribution >= 0.6 is 11.8 Å². The van der Waals surface area contributed by atoms with E-state index in [9.17, 15) is 4.79 Å². The van der Waals surface area contributed by atoms with Crippen molar-refractivity contribution in [3.05, 3.63) is 47.3 Å². The van der Waals surface area contributed by atoms with E-state index in [0.29, 0.717) is 13.1 Å². The van der Waals surface area contributed by atoms with E-state index >= 15 is 0 Å². The largest absolute Gasteiger partial charge is 0.444 e. The zero-order chi connectivity index (χ0) is 22.7. The topological polar surface area (TPSA) is 61.8 Å². The predicted octanol–water partition coefficient (Wildman–Crippen LogP) is 3.81. The van der Waals surface area contributed by atoms with Gasteiger partial charge in [0.25, 0.3) is 0 Å². The Morgan fingerprint density at radius 3 is 2.41 bits per heavy atom. The van der Waals surface area contributed by atoms with Gasteiger partial charge in [0.2, 0.25) is 0 Å². The van der Waals surface area contributed by atoms with Crippen LogP contribution in [0.4, 0.5) is 10.6 Å². The molecule has 1 aromatic carbocycles. The van der Waals surface area contributed by atoms with Gasteiger partial charge in [-0.2, -0.15) is 0 Å². The van der Waals surface area contributed by atoms with Crippen LogP contribution in [-0.4, -0.2) is 70.4 Å². The molecule has 1 aromatic heterocycles. The highest BCUT2D eigenvalue weighted by Crippen LogP contribution is 2.30. The Hall–Kier alpha value is -2.32. The van der Waals surface area contributed by atoms with E-state index in [-0.39, 0.29) is 6.09 Å². The molecule has 0 saturated carbocycles. The molecule has 0 aliphatic carbocycles. The van der Waals surface area contributed by atoms with Gasteiger partial charge in [0, 0.05) is 52.2 Å². The van der Waals surface area contributed by atoms with Crippen LogP contribution in [0, 0.1) is 0 Å². The summed E-state index contributed by atoms with van der Waals surface area (Å²) >= 11 is 1.65. The van der Waals surface area contributed by atoms with Crippen molar-refractivity contribution < 1.29 is 9.53 Å². The number of hydrogen-bond acceptors (Lipinski definition) is 7. The van der Waals surface area contributed by atoms with Crippen molar-refractivity contribution in [2.24, 2.45) is 0 Å². The number of carbonyl (C=O) groups is 1. The molecule has 0 spiro atoms. The summed E-state index contributed by atoms with van der Waals surface area (Å²) in [6, 6.07) is 10.6. The van der Waals surface area contributed by atoms with Gasteiger partial charge < -0.3 is 14.5 Å². The summed E-state index contributed by atoms with van der Waals surface area (Å²) < 4.78 is 5.53. The number of fused-ring (bicyclic) bond motifs is 1. The minimum Gasteiger partial charge on any atom is -0.444 e. The summed E-state index contributed by atoms with van der Waals surface area (Å²) in [7, 11) is 0. The monoisotopic (exact) mass is 455 g/mol. The number of amides is 1. The maximum Gasteiger partial charge on any atom is 0.410 e. The minimum atomic E-state index is -0.476. The molecule has 3 heterocycles. The van der Waals surface area contributed by atoms with E-state index < -0.39 is 5.60 Å². The van der Waals surface area contributed by atoms with Crippen molar-refractivity contribution in [1.29, 1.82) is 0 Å². The van der Waals surface area contributed by atoms with Crippen molar-refractivity contribution in [2.75, 3.05) is 43.9 Å². The quantitative estimate of drug-likeness (QED) is 0.650. The summed E-state index contributed by atoms with van der Waals surface area (Å²) in [5.74, 6) is 0.946. The van der Waals surface area contributed by atoms with Crippen LogP contribution in [0.15, 0.2) is 35.4 Å². The Morgan fingerprint density at radius 1 is 1.03 bits per heavy atom. The fourth-order valence-corrected chi connectivity index (χ4v) is 4.66. The molecule has 1 saturated heterocycles. The van der Waals surface area contributed by atoms with Crippen LogP contribution in [0.3, 0.4) is 0 Å². The molecule has 8 heteroatoms. The third-order valence-corrected chi connectivity index (χ3v) is 6.37. The SMILES string of the molecule is CSc1nc2c(nc1N1CCN(C(=O)OC(C)(C)C)CC1)CN(Cc1ccccc1)CC2. The molecule has 0 unspecified atom stereocenters. The van der Waals surface area contributed by atoms with Gasteiger partial charge in [-0.25, -0.2) is 14.8 Å². The fraction of sp³-hybridized carbons (Fsp3) is 0.542. The van der Waals surface area contributed by atoms with Crippen molar-refractivity contribution in [3.63, 3.8) is 0 Å². The molecule has 7 nitrogen and oxygen atoms in total. The lowest BCUT2D eigenvalue weighted by molar-refractivity contribution is 0.0240. The molecule has 1 amide bonds. The Labute approximate surface area is 195 Å². The molecule has 0 atom stereocenters. The summed E-state index contributed by atoms with van der Waals surface area (Å²) in [6.45, 7) is 11.2. The number of ether oxygens (including phenoxy) is 1. The zero-order valence-corrected chi connectivity index (χ0v) is 20.3. The number of carbonyl (C=O) groups excluding carboxylic acids is 1. The second kappa shape index (κ2) is 9.67. The Balaban J connectivity index is 1.45. The maximum absolute atomic E-state index is 12.4. The van der Waals surface area contributed by atoms with E-state index in [2.05, 4.69) is 46.4 Å². The first-order valence-electron chi connectivity index (χ1n) is 11.3. The van der Waals surface area contributed by atoms with Gasteiger partial charge in [-0.05, 0) is 32.6 Å². The molecule has 0 radical (unpaired) electrons. The molecular formula is C24H33N5O2S. The Bertz CT molecular complexity index is 939. The Morgan fingerprint density at radius 2 is 1.75 bits per heavy atom. The smallest absolute Gasteiger partial charge is 0.410 e. The van der Waals surface area contributed by atoms with Crippen LogP contribution < -0.4 is 4.90 Å². The third-order valence-electron chi connectivity index (χ3n) is 5.71. The highest BCUT2D eigenvalue weighted by Gasteiger charge is 2.29. The van der Waals surface area contributed by atoms with Crippen molar-refractivity contribution in [3.8, 4) is 0 Å². The van der Waals surface area contributed by atoms with E-state index in [1.165, 1.54) is 5.56 Å². The molecule has 2 aromatic rings. The van der Waals surface area contributed by atoms with Crippen molar-refractivity contribution in [2.45, 2.75) is 50.9 Å². The number of aromatic nitrogens is 2. The summed E-state index contributed by atoms with van der Waals surface area (Å²) in [4.78, 5) is 29.0. The van der Waals surface area contributed by atoms with Crippen LogP contribution in [-0.2, 0) is 24.2 Å². The summed E-state index contributed by atoms with van der Waals surface area (Å²) in [5.41, 5.74) is 3.04. The molecule has 2 aliphatic heterocycles. The predicted molar refractivity (Wildman–Crippen MR) is 128 cm³/mol. The normalized spacial score (nSPS) is 17.2. The lowest BCUT2D eigenvalue weighted by atomic mass is 10.1. The first-order chi connectivity index (χ1) is 15.3. The molecule has 0 N–H and O–H groups in total. The van der Waals surface area contributed by atoms with Gasteiger partial charge in [0.15, 0.2) is 5.82 Å². The van der Waals surface area contributed by atoms with Crippen LogP contribution in [0.2, 0.25) is 0 Å². The molecule has 172 valence electrons. The molecule has 4 rings (SSSR count). The van der Waals surface area contributed by atoms with Gasteiger partial charge in [-0.15, -0.1) is 11.8 Å². The van der Waals surface area contributed by atoms with Gasteiger partial charge >= 0.3 is 6.09 Å². The Kier molecular flexibility index (Phi) is 6.90. The average Bonchev–Trinajstić information content (AvgIpc) is 2.78. The maximum atomic E-state index is 12.4. The second-order valence-corrected chi connectivity index (χ2v) is 10.1. The van der Waals surface area contributed by atoms with E-state index in [0.717, 1.165) is 61.4 Å². The second-order valence-electron chi connectivity index (χ2n) is 9.35. The van der Waals surface area contributed by atoms with E-state index in [4.69, 9.17) is 14.7 Å². The fourth-order valence-electron chi connectivity index (χ4n) is 4.11. The summed E-state index contributed by atoms with van der Waals surface area (Å²) in [6.07, 6.45) is 2.74. The highest BCUT2D eigenvalue weighted by molar-refractivity contribution is 7.98. The lowest BCUT2D eigenvalue weighted by Crippen LogP contribution is -2.50. The van der Waals surface area contributed by atoms with Crippen LogP contribution in [0.1, 0.15) is 37.7 Å². The number of anilines is 1. The highest BCUT2D eigenvalue weighted by atomic mass is 32.2. The lowest BCUT2D eigenvalue weighted by Gasteiger charge is -2.37. The third kappa shape index (κ3) is 5.53. The van der Waals surface area contributed by atoms with Crippen LogP contribution in [0.25, 0.3) is 0 Å². The van der Waals surface area contributed by atoms with Gasteiger partial charge in [0.1, 0.15) is 10.6 Å². The number of nitrogens with zero attached hydrogens (tertiary/aromatic N) is 5. The van der Waals surface area contributed by atoms with Gasteiger partial charge in [-0.3, -0.25) is 4.90 Å². The first-order valence-corrected chi connectivity index (χ1v) is 12.5. The number of hydrogen-bond donors (Lipinski definition) is 0.